The first-order valence-corrected chi connectivity index (χ1v) is 8.52. The van der Waals surface area contributed by atoms with E-state index in [2.05, 4.69) is 5.32 Å². The smallest absolute Gasteiger partial charge is 0.251 e. The molecule has 0 saturated heterocycles. The molecule has 0 aliphatic carbocycles. The third-order valence-electron chi connectivity index (χ3n) is 4.37. The quantitative estimate of drug-likeness (QED) is 0.865. The largest absolute Gasteiger partial charge is 0.454 e. The number of ether oxygens (including phenoxy) is 2. The fourth-order valence-electron chi connectivity index (χ4n) is 2.79. The van der Waals surface area contributed by atoms with E-state index in [9.17, 15) is 9.59 Å². The van der Waals surface area contributed by atoms with Crippen molar-refractivity contribution in [1.29, 1.82) is 0 Å². The molecular weight excluding hydrogens is 332 g/mol. The van der Waals surface area contributed by atoms with Crippen LogP contribution in [0.15, 0.2) is 42.5 Å². The fourth-order valence-corrected chi connectivity index (χ4v) is 2.79. The summed E-state index contributed by atoms with van der Waals surface area (Å²) in [5.41, 5.74) is 2.75. The second kappa shape index (κ2) is 7.91. The average Bonchev–Trinajstić information content (AvgIpc) is 3.09. The molecule has 0 unspecified atom stereocenters. The molecule has 0 aromatic heterocycles. The Morgan fingerprint density at radius 3 is 2.65 bits per heavy atom. The molecule has 1 aliphatic heterocycles. The molecule has 0 fully saturated rings. The molecule has 1 aliphatic rings. The van der Waals surface area contributed by atoms with Crippen LogP contribution in [0.4, 0.5) is 0 Å². The summed E-state index contributed by atoms with van der Waals surface area (Å²) in [6.45, 7) is 5.08. The Labute approximate surface area is 152 Å². The van der Waals surface area contributed by atoms with Crippen molar-refractivity contribution < 1.29 is 19.1 Å². The van der Waals surface area contributed by atoms with Crippen LogP contribution >= 0.6 is 0 Å². The molecule has 6 nitrogen and oxygen atoms in total. The number of fused-ring (bicyclic) bond motifs is 1. The normalized spacial score (nSPS) is 11.9. The summed E-state index contributed by atoms with van der Waals surface area (Å²) in [6, 6.07) is 13.0. The molecule has 0 saturated carbocycles. The second-order valence-corrected chi connectivity index (χ2v) is 6.19. The predicted molar refractivity (Wildman–Crippen MR) is 97.2 cm³/mol. The molecule has 2 amide bonds. The van der Waals surface area contributed by atoms with Crippen molar-refractivity contribution in [3.63, 3.8) is 0 Å². The third-order valence-corrected chi connectivity index (χ3v) is 4.37. The van der Waals surface area contributed by atoms with Gasteiger partial charge in [0.25, 0.3) is 5.91 Å². The number of amides is 2. The van der Waals surface area contributed by atoms with Gasteiger partial charge in [-0.15, -0.1) is 0 Å². The Bertz CT molecular complexity index is 819. The number of nitrogens with zero attached hydrogens (tertiary/aromatic N) is 1. The number of carbonyl (C=O) groups excluding carboxylic acids is 2. The number of aryl methyl sites for hydroxylation is 1. The van der Waals surface area contributed by atoms with Crippen molar-refractivity contribution in [2.45, 2.75) is 20.4 Å². The van der Waals surface area contributed by atoms with Crippen LogP contribution in [0, 0.1) is 6.92 Å². The topological polar surface area (TPSA) is 67.9 Å². The van der Waals surface area contributed by atoms with E-state index in [1.165, 1.54) is 6.92 Å². The highest BCUT2D eigenvalue weighted by Crippen LogP contribution is 2.32. The van der Waals surface area contributed by atoms with Gasteiger partial charge in [0.05, 0.1) is 0 Å². The monoisotopic (exact) mass is 354 g/mol. The minimum Gasteiger partial charge on any atom is -0.454 e. The van der Waals surface area contributed by atoms with Crippen LogP contribution in [-0.2, 0) is 11.3 Å². The second-order valence-electron chi connectivity index (χ2n) is 6.19. The summed E-state index contributed by atoms with van der Waals surface area (Å²) < 4.78 is 10.5. The zero-order valence-corrected chi connectivity index (χ0v) is 15.0. The Morgan fingerprint density at radius 1 is 1.12 bits per heavy atom. The van der Waals surface area contributed by atoms with E-state index in [1.807, 2.05) is 31.2 Å². The molecule has 26 heavy (non-hydrogen) atoms. The van der Waals surface area contributed by atoms with E-state index < -0.39 is 0 Å². The van der Waals surface area contributed by atoms with Crippen molar-refractivity contribution in [2.75, 3.05) is 19.9 Å². The molecule has 1 heterocycles. The number of nitrogens with one attached hydrogen (secondary N) is 1. The first kappa shape index (κ1) is 17.8. The van der Waals surface area contributed by atoms with Crippen LogP contribution < -0.4 is 14.8 Å². The van der Waals surface area contributed by atoms with Gasteiger partial charge in [-0.1, -0.05) is 24.3 Å². The lowest BCUT2D eigenvalue weighted by molar-refractivity contribution is -0.129. The van der Waals surface area contributed by atoms with Crippen LogP contribution in [0.1, 0.15) is 28.4 Å². The molecular formula is C20H22N2O4. The van der Waals surface area contributed by atoms with E-state index >= 15 is 0 Å². The number of hydrogen-bond donors (Lipinski definition) is 1. The molecule has 1 N–H and O–H groups in total. The molecule has 2 aromatic rings. The number of hydrogen-bond acceptors (Lipinski definition) is 4. The Balaban J connectivity index is 1.55. The van der Waals surface area contributed by atoms with Crippen molar-refractivity contribution in [2.24, 2.45) is 0 Å². The van der Waals surface area contributed by atoms with Gasteiger partial charge in [-0.2, -0.15) is 0 Å². The number of carbonyl (C=O) groups is 2. The summed E-state index contributed by atoms with van der Waals surface area (Å²) in [4.78, 5) is 25.9. The van der Waals surface area contributed by atoms with Gasteiger partial charge in [0, 0.05) is 32.1 Å². The van der Waals surface area contributed by atoms with Gasteiger partial charge in [0.15, 0.2) is 11.5 Å². The maximum absolute atomic E-state index is 12.3. The van der Waals surface area contributed by atoms with Gasteiger partial charge in [0.1, 0.15) is 0 Å². The van der Waals surface area contributed by atoms with Crippen molar-refractivity contribution in [3.05, 3.63) is 59.2 Å². The van der Waals surface area contributed by atoms with Crippen LogP contribution in [0.3, 0.4) is 0 Å². The Hall–Kier alpha value is -3.02. The Kier molecular flexibility index (Phi) is 5.41. The van der Waals surface area contributed by atoms with Crippen molar-refractivity contribution in [1.82, 2.24) is 10.2 Å². The van der Waals surface area contributed by atoms with E-state index in [0.29, 0.717) is 36.7 Å². The molecule has 0 bridgehead atoms. The molecule has 0 radical (unpaired) electrons. The Morgan fingerprint density at radius 2 is 1.88 bits per heavy atom. The van der Waals surface area contributed by atoms with Crippen LogP contribution in [0.5, 0.6) is 11.5 Å². The van der Waals surface area contributed by atoms with Gasteiger partial charge in [-0.25, -0.2) is 0 Å². The maximum Gasteiger partial charge on any atom is 0.251 e. The summed E-state index contributed by atoms with van der Waals surface area (Å²) in [5.74, 6) is 0.985. The van der Waals surface area contributed by atoms with Crippen LogP contribution in [0.25, 0.3) is 0 Å². The minimum absolute atomic E-state index is 0.0226. The van der Waals surface area contributed by atoms with Crippen LogP contribution in [-0.4, -0.2) is 36.6 Å². The fraction of sp³-hybridized carbons (Fsp3) is 0.300. The van der Waals surface area contributed by atoms with Crippen molar-refractivity contribution >= 4 is 11.8 Å². The first-order chi connectivity index (χ1) is 12.5. The van der Waals surface area contributed by atoms with Crippen molar-refractivity contribution in [3.8, 4) is 11.5 Å². The summed E-state index contributed by atoms with van der Waals surface area (Å²) in [6.07, 6.45) is 0. The van der Waals surface area contributed by atoms with E-state index in [0.717, 1.165) is 11.1 Å². The summed E-state index contributed by atoms with van der Waals surface area (Å²) >= 11 is 0. The number of rotatable bonds is 6. The third kappa shape index (κ3) is 4.14. The highest BCUT2D eigenvalue weighted by molar-refractivity contribution is 5.94. The molecule has 0 spiro atoms. The lowest BCUT2D eigenvalue weighted by atomic mass is 10.1. The summed E-state index contributed by atoms with van der Waals surface area (Å²) in [7, 11) is 0. The van der Waals surface area contributed by atoms with Gasteiger partial charge >= 0.3 is 0 Å². The van der Waals surface area contributed by atoms with Gasteiger partial charge < -0.3 is 19.7 Å². The first-order valence-electron chi connectivity index (χ1n) is 8.52. The minimum atomic E-state index is -0.206. The van der Waals surface area contributed by atoms with E-state index in [1.54, 1.807) is 23.1 Å². The predicted octanol–water partition coefficient (Wildman–Crippen LogP) is 2.50. The zero-order valence-electron chi connectivity index (χ0n) is 15.0. The molecule has 136 valence electrons. The molecule has 2 aromatic carbocycles. The van der Waals surface area contributed by atoms with Gasteiger partial charge in [-0.05, 0) is 36.2 Å². The van der Waals surface area contributed by atoms with E-state index in [4.69, 9.17) is 9.47 Å². The number of benzene rings is 2. The zero-order chi connectivity index (χ0) is 18.5. The highest BCUT2D eigenvalue weighted by Gasteiger charge is 2.16. The lowest BCUT2D eigenvalue weighted by Crippen LogP contribution is -2.37. The average molecular weight is 354 g/mol. The molecule has 6 heteroatoms. The maximum atomic E-state index is 12.3. The SMILES string of the molecule is CC(=O)N(CCNC(=O)c1ccc2c(c1)OCO2)Cc1ccccc1C. The van der Waals surface area contributed by atoms with Crippen LogP contribution in [0.2, 0.25) is 0 Å². The molecule has 0 atom stereocenters. The van der Waals surface area contributed by atoms with Gasteiger partial charge in [0.2, 0.25) is 12.7 Å². The van der Waals surface area contributed by atoms with E-state index in [-0.39, 0.29) is 18.6 Å². The van der Waals surface area contributed by atoms with Gasteiger partial charge in [-0.3, -0.25) is 9.59 Å². The highest BCUT2D eigenvalue weighted by atomic mass is 16.7. The lowest BCUT2D eigenvalue weighted by Gasteiger charge is -2.22. The molecule has 3 rings (SSSR count). The standard InChI is InChI=1S/C20H22N2O4/c1-14-5-3-4-6-17(14)12-22(15(2)23)10-9-21-20(24)16-7-8-18-19(11-16)26-13-25-18/h3-8,11H,9-10,12-13H2,1-2H3,(H,21,24). The summed E-state index contributed by atoms with van der Waals surface area (Å²) in [5, 5.41) is 2.85.